The van der Waals surface area contributed by atoms with Gasteiger partial charge >= 0.3 is 5.97 Å². The minimum absolute atomic E-state index is 0.871. The summed E-state index contributed by atoms with van der Waals surface area (Å²) in [6, 6.07) is 7.73. The topological polar surface area (TPSA) is 50.2 Å². The predicted octanol–water partition coefficient (Wildman–Crippen LogP) is 2.64. The molecule has 1 aromatic carbocycles. The lowest BCUT2D eigenvalue weighted by Gasteiger charge is -2.02. The Balaban J connectivity index is 2.60. The van der Waals surface area contributed by atoms with Gasteiger partial charge in [-0.25, -0.2) is 4.79 Å². The van der Waals surface area contributed by atoms with Crippen LogP contribution in [-0.4, -0.2) is 16.1 Å². The molecule has 2 rings (SSSR count). The number of carbonyl (C=O) groups is 1. The SMILES string of the molecule is Cc1ccc2nccc(C=CC(=O)O)c2c1. The minimum Gasteiger partial charge on any atom is -0.478 e. The van der Waals surface area contributed by atoms with Gasteiger partial charge in [-0.05, 0) is 36.8 Å². The summed E-state index contributed by atoms with van der Waals surface area (Å²) in [7, 11) is 0. The number of aliphatic carboxylic acids is 1. The molecule has 0 aliphatic heterocycles. The van der Waals surface area contributed by atoms with Crippen LogP contribution in [0.4, 0.5) is 0 Å². The first-order chi connectivity index (χ1) is 7.66. The Morgan fingerprint density at radius 2 is 2.19 bits per heavy atom. The third-order valence-electron chi connectivity index (χ3n) is 2.34. The van der Waals surface area contributed by atoms with E-state index in [-0.39, 0.29) is 0 Å². The van der Waals surface area contributed by atoms with Gasteiger partial charge in [0.25, 0.3) is 0 Å². The maximum atomic E-state index is 10.5. The van der Waals surface area contributed by atoms with E-state index in [2.05, 4.69) is 4.98 Å². The normalized spacial score (nSPS) is 11.1. The summed E-state index contributed by atoms with van der Waals surface area (Å²) in [6.45, 7) is 2.00. The number of pyridine rings is 1. The molecule has 0 aliphatic rings. The first-order valence-corrected chi connectivity index (χ1v) is 4.93. The van der Waals surface area contributed by atoms with Crippen molar-refractivity contribution in [2.45, 2.75) is 6.92 Å². The highest BCUT2D eigenvalue weighted by Crippen LogP contribution is 2.19. The number of aromatic nitrogens is 1. The van der Waals surface area contributed by atoms with E-state index >= 15 is 0 Å². The van der Waals surface area contributed by atoms with Crippen molar-refractivity contribution in [1.82, 2.24) is 4.98 Å². The maximum Gasteiger partial charge on any atom is 0.328 e. The largest absolute Gasteiger partial charge is 0.478 e. The molecule has 3 heteroatoms. The number of aryl methyl sites for hydroxylation is 1. The first-order valence-electron chi connectivity index (χ1n) is 4.93. The minimum atomic E-state index is -0.947. The van der Waals surface area contributed by atoms with Gasteiger partial charge in [-0.1, -0.05) is 11.6 Å². The molecule has 0 saturated heterocycles. The fourth-order valence-electron chi connectivity index (χ4n) is 1.59. The molecule has 16 heavy (non-hydrogen) atoms. The summed E-state index contributed by atoms with van der Waals surface area (Å²) in [5.41, 5.74) is 2.87. The van der Waals surface area contributed by atoms with Gasteiger partial charge in [-0.15, -0.1) is 0 Å². The van der Waals surface area contributed by atoms with Crippen LogP contribution in [0.1, 0.15) is 11.1 Å². The van der Waals surface area contributed by atoms with Crippen LogP contribution in [0.3, 0.4) is 0 Å². The molecule has 80 valence electrons. The Bertz CT molecular complexity index is 573. The number of rotatable bonds is 2. The number of hydrogen-bond acceptors (Lipinski definition) is 2. The van der Waals surface area contributed by atoms with E-state index in [0.29, 0.717) is 0 Å². The van der Waals surface area contributed by atoms with Crippen molar-refractivity contribution in [3.63, 3.8) is 0 Å². The van der Waals surface area contributed by atoms with Crippen LogP contribution < -0.4 is 0 Å². The van der Waals surface area contributed by atoms with E-state index in [1.54, 1.807) is 18.3 Å². The van der Waals surface area contributed by atoms with Crippen molar-refractivity contribution < 1.29 is 9.90 Å². The molecular formula is C13H11NO2. The molecule has 0 amide bonds. The van der Waals surface area contributed by atoms with Crippen LogP contribution in [0, 0.1) is 6.92 Å². The second kappa shape index (κ2) is 4.14. The van der Waals surface area contributed by atoms with Crippen molar-refractivity contribution in [2.75, 3.05) is 0 Å². The smallest absolute Gasteiger partial charge is 0.328 e. The third kappa shape index (κ3) is 2.08. The van der Waals surface area contributed by atoms with Crippen molar-refractivity contribution in [3.05, 3.63) is 47.7 Å². The zero-order valence-corrected chi connectivity index (χ0v) is 8.84. The fourth-order valence-corrected chi connectivity index (χ4v) is 1.59. The van der Waals surface area contributed by atoms with E-state index in [4.69, 9.17) is 5.11 Å². The molecule has 0 unspecified atom stereocenters. The lowest BCUT2D eigenvalue weighted by Crippen LogP contribution is -1.87. The number of hydrogen-bond donors (Lipinski definition) is 1. The number of carboxylic acid groups (broad SMARTS) is 1. The summed E-state index contributed by atoms with van der Waals surface area (Å²) in [6.07, 6.45) is 4.40. The molecular weight excluding hydrogens is 202 g/mol. The monoisotopic (exact) mass is 213 g/mol. The Hall–Kier alpha value is -2.16. The van der Waals surface area contributed by atoms with E-state index in [9.17, 15) is 4.79 Å². The van der Waals surface area contributed by atoms with Gasteiger partial charge in [-0.2, -0.15) is 0 Å². The van der Waals surface area contributed by atoms with Crippen LogP contribution >= 0.6 is 0 Å². The van der Waals surface area contributed by atoms with Gasteiger partial charge < -0.3 is 5.11 Å². The van der Waals surface area contributed by atoms with Gasteiger partial charge in [-0.3, -0.25) is 4.98 Å². The zero-order valence-electron chi connectivity index (χ0n) is 8.84. The number of benzene rings is 1. The van der Waals surface area contributed by atoms with Crippen LogP contribution in [0.5, 0.6) is 0 Å². The van der Waals surface area contributed by atoms with Gasteiger partial charge in [0.15, 0.2) is 0 Å². The number of nitrogens with zero attached hydrogens (tertiary/aromatic N) is 1. The van der Waals surface area contributed by atoms with Gasteiger partial charge in [0.05, 0.1) is 5.52 Å². The standard InChI is InChI=1S/C13H11NO2/c1-9-2-4-12-11(8-9)10(6-7-14-12)3-5-13(15)16/h2-8H,1H3,(H,15,16). The summed E-state index contributed by atoms with van der Waals surface area (Å²) < 4.78 is 0. The number of fused-ring (bicyclic) bond motifs is 1. The highest BCUT2D eigenvalue weighted by molar-refractivity contribution is 5.92. The molecule has 1 N–H and O–H groups in total. The second-order valence-corrected chi connectivity index (χ2v) is 3.59. The lowest BCUT2D eigenvalue weighted by atomic mass is 10.1. The molecule has 0 atom stereocenters. The average molecular weight is 213 g/mol. The summed E-state index contributed by atoms with van der Waals surface area (Å²) in [4.78, 5) is 14.7. The van der Waals surface area contributed by atoms with Crippen LogP contribution in [0.25, 0.3) is 17.0 Å². The Morgan fingerprint density at radius 1 is 1.38 bits per heavy atom. The number of carboxylic acids is 1. The third-order valence-corrected chi connectivity index (χ3v) is 2.34. The van der Waals surface area contributed by atoms with Crippen LogP contribution in [0.2, 0.25) is 0 Å². The Morgan fingerprint density at radius 3 is 2.94 bits per heavy atom. The molecule has 0 fully saturated rings. The van der Waals surface area contributed by atoms with E-state index in [0.717, 1.165) is 28.1 Å². The summed E-state index contributed by atoms with van der Waals surface area (Å²) >= 11 is 0. The van der Waals surface area contributed by atoms with Crippen molar-refractivity contribution in [3.8, 4) is 0 Å². The predicted molar refractivity (Wildman–Crippen MR) is 63.1 cm³/mol. The highest BCUT2D eigenvalue weighted by Gasteiger charge is 1.99. The summed E-state index contributed by atoms with van der Waals surface area (Å²) in [5.74, 6) is -0.947. The quantitative estimate of drug-likeness (QED) is 0.780. The van der Waals surface area contributed by atoms with E-state index in [1.165, 1.54) is 0 Å². The van der Waals surface area contributed by atoms with Crippen molar-refractivity contribution in [1.29, 1.82) is 0 Å². The Labute approximate surface area is 93.1 Å². The second-order valence-electron chi connectivity index (χ2n) is 3.59. The molecule has 0 aliphatic carbocycles. The molecule has 0 spiro atoms. The van der Waals surface area contributed by atoms with Gasteiger partial charge in [0.2, 0.25) is 0 Å². The van der Waals surface area contributed by atoms with Crippen LogP contribution in [0.15, 0.2) is 36.5 Å². The zero-order chi connectivity index (χ0) is 11.5. The Kier molecular flexibility index (Phi) is 2.68. The molecule has 1 aromatic heterocycles. The molecule has 0 saturated carbocycles. The summed E-state index contributed by atoms with van der Waals surface area (Å²) in [5, 5.41) is 9.57. The van der Waals surface area contributed by atoms with Crippen molar-refractivity contribution in [2.24, 2.45) is 0 Å². The fraction of sp³-hybridized carbons (Fsp3) is 0.0769. The molecule has 2 aromatic rings. The molecule has 1 heterocycles. The van der Waals surface area contributed by atoms with Crippen LogP contribution in [-0.2, 0) is 4.79 Å². The first kappa shape index (κ1) is 10.4. The maximum absolute atomic E-state index is 10.5. The van der Waals surface area contributed by atoms with Gasteiger partial charge in [0, 0.05) is 17.7 Å². The van der Waals surface area contributed by atoms with Gasteiger partial charge in [0.1, 0.15) is 0 Å². The van der Waals surface area contributed by atoms with E-state index < -0.39 is 5.97 Å². The molecule has 3 nitrogen and oxygen atoms in total. The van der Waals surface area contributed by atoms with Crippen molar-refractivity contribution >= 4 is 22.9 Å². The molecule has 0 bridgehead atoms. The lowest BCUT2D eigenvalue weighted by molar-refractivity contribution is -0.131. The molecule has 0 radical (unpaired) electrons. The average Bonchev–Trinajstić information content (AvgIpc) is 2.26. The highest BCUT2D eigenvalue weighted by atomic mass is 16.4. The van der Waals surface area contributed by atoms with E-state index in [1.807, 2.05) is 25.1 Å².